The molecule has 2 heterocycles. The van der Waals surface area contributed by atoms with E-state index in [0.717, 1.165) is 19.4 Å². The number of fused-ring (bicyclic) bond motifs is 2. The SMILES string of the molecule is CCC(C)NCC1C(=O)OC2CC3(C)CCCC(C)C34OC4C21. The van der Waals surface area contributed by atoms with Crippen molar-refractivity contribution < 1.29 is 14.3 Å². The third-order valence-electron chi connectivity index (χ3n) is 7.49. The molecule has 0 bridgehead atoms. The molecular formula is C19H31NO3. The van der Waals surface area contributed by atoms with Gasteiger partial charge in [0, 0.05) is 23.9 Å². The number of epoxide rings is 1. The van der Waals surface area contributed by atoms with E-state index in [1.807, 2.05) is 0 Å². The summed E-state index contributed by atoms with van der Waals surface area (Å²) in [5.74, 6) is 0.826. The Bertz CT molecular complexity index is 509. The average molecular weight is 321 g/mol. The predicted octanol–water partition coefficient (Wildman–Crippen LogP) is 2.90. The number of carbonyl (C=O) groups excluding carboxylic acids is 1. The number of nitrogens with one attached hydrogen (secondary N) is 1. The Balaban J connectivity index is 1.57. The highest BCUT2D eigenvalue weighted by Crippen LogP contribution is 2.70. The minimum Gasteiger partial charge on any atom is -0.462 e. The molecule has 4 heteroatoms. The van der Waals surface area contributed by atoms with Crippen molar-refractivity contribution in [2.45, 2.75) is 83.6 Å². The molecule has 0 aromatic carbocycles. The Morgan fingerprint density at radius 3 is 2.96 bits per heavy atom. The molecular weight excluding hydrogens is 290 g/mol. The van der Waals surface area contributed by atoms with Gasteiger partial charge < -0.3 is 14.8 Å². The molecule has 0 radical (unpaired) electrons. The molecule has 0 aromatic heterocycles. The van der Waals surface area contributed by atoms with E-state index in [0.29, 0.717) is 12.0 Å². The third kappa shape index (κ3) is 2.07. The summed E-state index contributed by atoms with van der Waals surface area (Å²) in [6, 6.07) is 0.443. The zero-order chi connectivity index (χ0) is 16.4. The van der Waals surface area contributed by atoms with Crippen molar-refractivity contribution in [3.63, 3.8) is 0 Å². The highest BCUT2D eigenvalue weighted by atomic mass is 16.6. The van der Waals surface area contributed by atoms with Gasteiger partial charge in [-0.1, -0.05) is 27.2 Å². The van der Waals surface area contributed by atoms with Crippen molar-refractivity contribution in [3.8, 4) is 0 Å². The van der Waals surface area contributed by atoms with Gasteiger partial charge in [-0.15, -0.1) is 0 Å². The summed E-state index contributed by atoms with van der Waals surface area (Å²) in [6.45, 7) is 9.80. The normalized spacial score (nSPS) is 52.2. The van der Waals surface area contributed by atoms with Gasteiger partial charge in [0.05, 0.1) is 12.0 Å². The summed E-state index contributed by atoms with van der Waals surface area (Å²) in [7, 11) is 0. The summed E-state index contributed by atoms with van der Waals surface area (Å²) in [5.41, 5.74) is 0.213. The largest absolute Gasteiger partial charge is 0.462 e. The minimum atomic E-state index is -0.0305. The van der Waals surface area contributed by atoms with Crippen LogP contribution in [0.15, 0.2) is 0 Å². The lowest BCUT2D eigenvalue weighted by Crippen LogP contribution is -2.54. The maximum atomic E-state index is 12.5. The number of esters is 1. The highest BCUT2D eigenvalue weighted by Gasteiger charge is 2.78. The van der Waals surface area contributed by atoms with Crippen LogP contribution in [0.5, 0.6) is 0 Å². The highest BCUT2D eigenvalue weighted by molar-refractivity contribution is 5.76. The van der Waals surface area contributed by atoms with E-state index in [1.54, 1.807) is 0 Å². The fourth-order valence-corrected chi connectivity index (χ4v) is 5.94. The summed E-state index contributed by atoms with van der Waals surface area (Å²) < 4.78 is 12.3. The van der Waals surface area contributed by atoms with E-state index in [9.17, 15) is 4.79 Å². The standard InChI is InChI=1S/C19H31NO3/c1-5-12(3)20-10-13-15-14(22-17(13)21)9-18(4)8-6-7-11(2)19(18)16(15)23-19/h11-16,20H,5-10H2,1-4H3. The van der Waals surface area contributed by atoms with Gasteiger partial charge >= 0.3 is 5.97 Å². The lowest BCUT2D eigenvalue weighted by molar-refractivity contribution is -0.146. The lowest BCUT2D eigenvalue weighted by atomic mass is 9.53. The van der Waals surface area contributed by atoms with Crippen molar-refractivity contribution >= 4 is 5.97 Å². The Hall–Kier alpha value is -0.610. The number of carbonyl (C=O) groups is 1. The van der Waals surface area contributed by atoms with Gasteiger partial charge in [0.25, 0.3) is 0 Å². The van der Waals surface area contributed by atoms with Crippen molar-refractivity contribution in [1.29, 1.82) is 0 Å². The van der Waals surface area contributed by atoms with Crippen molar-refractivity contribution in [2.75, 3.05) is 6.54 Å². The molecule has 4 rings (SSSR count). The van der Waals surface area contributed by atoms with Crippen LogP contribution >= 0.6 is 0 Å². The zero-order valence-electron chi connectivity index (χ0n) is 14.9. The van der Waals surface area contributed by atoms with Gasteiger partial charge in [-0.2, -0.15) is 0 Å². The molecule has 4 nitrogen and oxygen atoms in total. The van der Waals surface area contributed by atoms with Crippen molar-refractivity contribution in [3.05, 3.63) is 0 Å². The molecule has 0 aromatic rings. The molecule has 8 unspecified atom stereocenters. The zero-order valence-corrected chi connectivity index (χ0v) is 14.9. The average Bonchev–Trinajstić information content (AvgIpc) is 3.19. The van der Waals surface area contributed by atoms with Gasteiger partial charge in [-0.05, 0) is 38.5 Å². The van der Waals surface area contributed by atoms with E-state index < -0.39 is 0 Å². The smallest absolute Gasteiger partial charge is 0.311 e. The van der Waals surface area contributed by atoms with Crippen LogP contribution < -0.4 is 5.32 Å². The molecule has 1 spiro atoms. The molecule has 4 fully saturated rings. The van der Waals surface area contributed by atoms with E-state index >= 15 is 0 Å². The van der Waals surface area contributed by atoms with Crippen LogP contribution in [0.4, 0.5) is 0 Å². The second-order valence-electron chi connectivity index (χ2n) is 8.77. The second-order valence-corrected chi connectivity index (χ2v) is 8.77. The van der Waals surface area contributed by atoms with Crippen LogP contribution in [0.25, 0.3) is 0 Å². The quantitative estimate of drug-likeness (QED) is 0.639. The first-order valence-corrected chi connectivity index (χ1v) is 9.54. The molecule has 130 valence electrons. The molecule has 1 N–H and O–H groups in total. The van der Waals surface area contributed by atoms with Crippen LogP contribution in [-0.2, 0) is 14.3 Å². The molecule has 8 atom stereocenters. The summed E-state index contributed by atoms with van der Waals surface area (Å²) in [5, 5.41) is 3.51. The van der Waals surface area contributed by atoms with Gasteiger partial charge in [0.15, 0.2) is 0 Å². The summed E-state index contributed by atoms with van der Waals surface area (Å²) in [4.78, 5) is 12.5. The van der Waals surface area contributed by atoms with E-state index in [-0.39, 0.29) is 41.0 Å². The van der Waals surface area contributed by atoms with Crippen LogP contribution in [-0.4, -0.2) is 36.4 Å². The van der Waals surface area contributed by atoms with Crippen LogP contribution in [0, 0.1) is 23.2 Å². The minimum absolute atomic E-state index is 0.00338. The second kappa shape index (κ2) is 5.19. The number of rotatable bonds is 4. The molecule has 2 saturated heterocycles. The first kappa shape index (κ1) is 15.9. The predicted molar refractivity (Wildman–Crippen MR) is 88.0 cm³/mol. The molecule has 4 aliphatic rings. The first-order valence-electron chi connectivity index (χ1n) is 9.54. The fraction of sp³-hybridized carbons (Fsp3) is 0.947. The Morgan fingerprint density at radius 1 is 1.43 bits per heavy atom. The van der Waals surface area contributed by atoms with Crippen LogP contribution in [0.1, 0.15) is 59.8 Å². The monoisotopic (exact) mass is 321 g/mol. The van der Waals surface area contributed by atoms with Crippen molar-refractivity contribution in [1.82, 2.24) is 5.32 Å². The Labute approximate surface area is 139 Å². The van der Waals surface area contributed by atoms with Crippen LogP contribution in [0.3, 0.4) is 0 Å². The first-order chi connectivity index (χ1) is 10.9. The lowest BCUT2D eigenvalue weighted by Gasteiger charge is -2.48. The number of hydrogen-bond acceptors (Lipinski definition) is 4. The fourth-order valence-electron chi connectivity index (χ4n) is 5.94. The summed E-state index contributed by atoms with van der Waals surface area (Å²) in [6.07, 6.45) is 6.12. The van der Waals surface area contributed by atoms with Gasteiger partial charge in [-0.3, -0.25) is 4.79 Å². The van der Waals surface area contributed by atoms with Crippen LogP contribution in [0.2, 0.25) is 0 Å². The molecule has 2 aliphatic heterocycles. The Morgan fingerprint density at radius 2 is 2.22 bits per heavy atom. The summed E-state index contributed by atoms with van der Waals surface area (Å²) >= 11 is 0. The van der Waals surface area contributed by atoms with Crippen molar-refractivity contribution in [2.24, 2.45) is 23.2 Å². The van der Waals surface area contributed by atoms with E-state index in [2.05, 4.69) is 33.0 Å². The van der Waals surface area contributed by atoms with Gasteiger partial charge in [-0.25, -0.2) is 0 Å². The number of ether oxygens (including phenoxy) is 2. The maximum Gasteiger partial charge on any atom is 0.311 e. The molecule has 2 saturated carbocycles. The van der Waals surface area contributed by atoms with E-state index in [4.69, 9.17) is 9.47 Å². The third-order valence-corrected chi connectivity index (χ3v) is 7.49. The maximum absolute atomic E-state index is 12.5. The number of hydrogen-bond donors (Lipinski definition) is 1. The van der Waals surface area contributed by atoms with Gasteiger partial charge in [0.2, 0.25) is 0 Å². The molecule has 23 heavy (non-hydrogen) atoms. The van der Waals surface area contributed by atoms with Gasteiger partial charge in [0.1, 0.15) is 11.7 Å². The Kier molecular flexibility index (Phi) is 3.59. The molecule has 2 aliphatic carbocycles. The molecule has 0 amide bonds. The topological polar surface area (TPSA) is 50.9 Å². The van der Waals surface area contributed by atoms with E-state index in [1.165, 1.54) is 19.3 Å².